The first kappa shape index (κ1) is 26.4. The number of ether oxygens (including phenoxy) is 4. The molecule has 0 N–H and O–H groups in total. The standard InChI is InChI=1S/C29H43IO4/c1-19(2)28(16-30)25-13-20(3)12-24-26(14-29(15-27(24)25)33-10-11-34-29)21(4)17-32-18-22-6-8-23(31-5)9-7-22/h6-9,12,19,21,24-28H,10-11,13-18H2,1-5H3/t21-,24-,25-,26+,27+,28-/m1/s1. The molecule has 1 aromatic carbocycles. The van der Waals surface area contributed by atoms with E-state index in [9.17, 15) is 0 Å². The van der Waals surface area contributed by atoms with E-state index in [0.29, 0.717) is 42.1 Å². The maximum absolute atomic E-state index is 6.36. The molecule has 34 heavy (non-hydrogen) atoms. The minimum atomic E-state index is -0.389. The Hall–Kier alpha value is -0.630. The average molecular weight is 583 g/mol. The second kappa shape index (κ2) is 11.6. The molecule has 0 radical (unpaired) electrons. The molecule has 6 atom stereocenters. The molecule has 3 aliphatic rings. The molecule has 4 nitrogen and oxygen atoms in total. The Kier molecular flexibility index (Phi) is 9.03. The number of benzene rings is 1. The van der Waals surface area contributed by atoms with E-state index in [1.54, 1.807) is 12.7 Å². The van der Waals surface area contributed by atoms with Crippen LogP contribution in [0, 0.1) is 41.4 Å². The van der Waals surface area contributed by atoms with Crippen molar-refractivity contribution >= 4 is 22.6 Å². The van der Waals surface area contributed by atoms with Gasteiger partial charge in [0.15, 0.2) is 5.79 Å². The molecule has 0 aromatic heterocycles. The van der Waals surface area contributed by atoms with Crippen molar-refractivity contribution in [3.05, 3.63) is 41.5 Å². The predicted molar refractivity (Wildman–Crippen MR) is 145 cm³/mol. The van der Waals surface area contributed by atoms with Crippen molar-refractivity contribution in [1.82, 2.24) is 0 Å². The van der Waals surface area contributed by atoms with E-state index in [-0.39, 0.29) is 5.79 Å². The van der Waals surface area contributed by atoms with E-state index in [0.717, 1.165) is 44.3 Å². The Balaban J connectivity index is 1.50. The summed E-state index contributed by atoms with van der Waals surface area (Å²) < 4.78 is 25.5. The van der Waals surface area contributed by atoms with Crippen molar-refractivity contribution in [2.45, 2.75) is 59.4 Å². The monoisotopic (exact) mass is 582 g/mol. The van der Waals surface area contributed by atoms with Gasteiger partial charge in [0.1, 0.15) is 5.75 Å². The third kappa shape index (κ3) is 5.84. The number of alkyl halides is 1. The Bertz CT molecular complexity index is 814. The van der Waals surface area contributed by atoms with Gasteiger partial charge in [0.25, 0.3) is 0 Å². The molecular weight excluding hydrogens is 539 g/mol. The largest absolute Gasteiger partial charge is 0.497 e. The number of hydrogen-bond acceptors (Lipinski definition) is 4. The lowest BCUT2D eigenvalue weighted by atomic mass is 9.56. The molecule has 1 aliphatic heterocycles. The van der Waals surface area contributed by atoms with Crippen molar-refractivity contribution in [1.29, 1.82) is 0 Å². The molecule has 1 aromatic rings. The predicted octanol–water partition coefficient (Wildman–Crippen LogP) is 6.91. The van der Waals surface area contributed by atoms with E-state index in [4.69, 9.17) is 18.9 Å². The van der Waals surface area contributed by atoms with Gasteiger partial charge in [-0.15, -0.1) is 0 Å². The minimum Gasteiger partial charge on any atom is -0.497 e. The van der Waals surface area contributed by atoms with E-state index >= 15 is 0 Å². The summed E-state index contributed by atoms with van der Waals surface area (Å²) in [4.78, 5) is 0. The zero-order valence-corrected chi connectivity index (χ0v) is 23.8. The first-order valence-corrected chi connectivity index (χ1v) is 14.6. The summed E-state index contributed by atoms with van der Waals surface area (Å²) in [5, 5.41) is 0. The van der Waals surface area contributed by atoms with Crippen molar-refractivity contribution in [2.75, 3.05) is 31.4 Å². The second-order valence-electron chi connectivity index (χ2n) is 11.2. The van der Waals surface area contributed by atoms with Gasteiger partial charge in [0.05, 0.1) is 26.9 Å². The number of allylic oxidation sites excluding steroid dienone is 2. The summed E-state index contributed by atoms with van der Waals surface area (Å²) in [6.07, 6.45) is 5.85. The molecular formula is C29H43IO4. The van der Waals surface area contributed by atoms with Gasteiger partial charge in [-0.1, -0.05) is 67.1 Å². The molecule has 2 fully saturated rings. The molecule has 0 unspecified atom stereocenters. The maximum atomic E-state index is 6.36. The smallest absolute Gasteiger partial charge is 0.169 e. The Morgan fingerprint density at radius 1 is 1.06 bits per heavy atom. The van der Waals surface area contributed by atoms with Crippen molar-refractivity contribution in [2.24, 2.45) is 41.4 Å². The summed E-state index contributed by atoms with van der Waals surface area (Å²) in [7, 11) is 1.70. The fourth-order valence-electron chi connectivity index (χ4n) is 6.77. The molecule has 0 amide bonds. The molecule has 2 aliphatic carbocycles. The molecule has 1 saturated heterocycles. The number of methoxy groups -OCH3 is 1. The molecule has 1 heterocycles. The Morgan fingerprint density at radius 2 is 1.76 bits per heavy atom. The quantitative estimate of drug-likeness (QED) is 0.180. The Morgan fingerprint density at radius 3 is 2.38 bits per heavy atom. The van der Waals surface area contributed by atoms with Crippen LogP contribution in [-0.4, -0.2) is 37.1 Å². The van der Waals surface area contributed by atoms with Gasteiger partial charge < -0.3 is 18.9 Å². The molecule has 190 valence electrons. The fraction of sp³-hybridized carbons (Fsp3) is 0.724. The van der Waals surface area contributed by atoms with Crippen LogP contribution in [0.4, 0.5) is 0 Å². The van der Waals surface area contributed by atoms with E-state index in [1.165, 1.54) is 16.4 Å². The van der Waals surface area contributed by atoms with Crippen LogP contribution >= 0.6 is 22.6 Å². The lowest BCUT2D eigenvalue weighted by Gasteiger charge is -2.53. The lowest BCUT2D eigenvalue weighted by molar-refractivity contribution is -0.219. The maximum Gasteiger partial charge on any atom is 0.169 e. The highest BCUT2D eigenvalue weighted by molar-refractivity contribution is 14.1. The van der Waals surface area contributed by atoms with Crippen LogP contribution in [0.5, 0.6) is 5.75 Å². The molecule has 0 bridgehead atoms. The van der Waals surface area contributed by atoms with Crippen LogP contribution in [0.3, 0.4) is 0 Å². The number of hydrogen-bond donors (Lipinski definition) is 0. The zero-order chi connectivity index (χ0) is 24.3. The fourth-order valence-corrected chi connectivity index (χ4v) is 8.44. The summed E-state index contributed by atoms with van der Waals surface area (Å²) in [6.45, 7) is 12.4. The topological polar surface area (TPSA) is 36.9 Å². The zero-order valence-electron chi connectivity index (χ0n) is 21.6. The van der Waals surface area contributed by atoms with Gasteiger partial charge in [-0.3, -0.25) is 0 Å². The summed E-state index contributed by atoms with van der Waals surface area (Å²) in [5.74, 6) is 4.77. The van der Waals surface area contributed by atoms with Gasteiger partial charge in [-0.05, 0) is 72.5 Å². The third-order valence-corrected chi connectivity index (χ3v) is 9.62. The Labute approximate surface area is 220 Å². The van der Waals surface area contributed by atoms with Gasteiger partial charge in [0.2, 0.25) is 0 Å². The summed E-state index contributed by atoms with van der Waals surface area (Å²) in [6, 6.07) is 8.17. The normalized spacial score (nSPS) is 30.1. The van der Waals surface area contributed by atoms with Crippen LogP contribution in [0.1, 0.15) is 52.5 Å². The van der Waals surface area contributed by atoms with E-state index in [1.807, 2.05) is 12.1 Å². The molecule has 5 heteroatoms. The van der Waals surface area contributed by atoms with E-state index in [2.05, 4.69) is 68.5 Å². The van der Waals surface area contributed by atoms with Crippen LogP contribution in [0.15, 0.2) is 35.9 Å². The third-order valence-electron chi connectivity index (χ3n) is 8.60. The average Bonchev–Trinajstić information content (AvgIpc) is 3.27. The highest BCUT2D eigenvalue weighted by Crippen LogP contribution is 2.55. The van der Waals surface area contributed by atoms with Crippen LogP contribution < -0.4 is 4.74 Å². The number of halogens is 1. The minimum absolute atomic E-state index is 0.389. The van der Waals surface area contributed by atoms with Gasteiger partial charge in [0, 0.05) is 23.9 Å². The summed E-state index contributed by atoms with van der Waals surface area (Å²) >= 11 is 2.61. The number of fused-ring (bicyclic) bond motifs is 1. The number of rotatable bonds is 9. The van der Waals surface area contributed by atoms with Crippen molar-refractivity contribution in [3.8, 4) is 5.75 Å². The lowest BCUT2D eigenvalue weighted by Crippen LogP contribution is -2.51. The SMILES string of the molecule is COc1ccc(COC[C@@H](C)[C@@H]2CC3(C[C@H]4[C@@H]2C=C(C)C[C@H]4[C@H](CI)C(C)C)OCCO3)cc1. The van der Waals surface area contributed by atoms with Crippen LogP contribution in [-0.2, 0) is 20.8 Å². The van der Waals surface area contributed by atoms with Gasteiger partial charge in [-0.25, -0.2) is 0 Å². The van der Waals surface area contributed by atoms with Crippen LogP contribution in [0.25, 0.3) is 0 Å². The van der Waals surface area contributed by atoms with E-state index < -0.39 is 0 Å². The molecule has 1 saturated carbocycles. The highest BCUT2D eigenvalue weighted by Gasteiger charge is 2.54. The van der Waals surface area contributed by atoms with Crippen LogP contribution in [0.2, 0.25) is 0 Å². The van der Waals surface area contributed by atoms with Crippen molar-refractivity contribution in [3.63, 3.8) is 0 Å². The van der Waals surface area contributed by atoms with Crippen molar-refractivity contribution < 1.29 is 18.9 Å². The molecule has 4 rings (SSSR count). The van der Waals surface area contributed by atoms with Gasteiger partial charge >= 0.3 is 0 Å². The highest BCUT2D eigenvalue weighted by atomic mass is 127. The van der Waals surface area contributed by atoms with Gasteiger partial charge in [-0.2, -0.15) is 0 Å². The first-order chi connectivity index (χ1) is 16.4. The summed E-state index contributed by atoms with van der Waals surface area (Å²) in [5.41, 5.74) is 2.76. The second-order valence-corrected chi connectivity index (χ2v) is 12.1. The molecule has 1 spiro atoms. The first-order valence-electron chi connectivity index (χ1n) is 13.1.